The highest BCUT2D eigenvalue weighted by Crippen LogP contribution is 2.13. The molecule has 2 aromatic carbocycles. The third-order valence-electron chi connectivity index (χ3n) is 4.00. The summed E-state index contributed by atoms with van der Waals surface area (Å²) in [6, 6.07) is 11.5. The van der Waals surface area contributed by atoms with Crippen molar-refractivity contribution in [3.05, 3.63) is 75.6 Å². The molecule has 0 atom stereocenters. The van der Waals surface area contributed by atoms with Crippen LogP contribution in [0.15, 0.2) is 42.5 Å². The zero-order valence-electron chi connectivity index (χ0n) is 13.8. The van der Waals surface area contributed by atoms with Gasteiger partial charge in [0.25, 0.3) is 5.91 Å². The van der Waals surface area contributed by atoms with Crippen LogP contribution in [0.4, 0.5) is 4.39 Å². The molecule has 7 heteroatoms. The van der Waals surface area contributed by atoms with Gasteiger partial charge in [0.05, 0.1) is 6.54 Å². The Morgan fingerprint density at radius 2 is 1.92 bits per heavy atom. The van der Waals surface area contributed by atoms with Crippen LogP contribution in [0.3, 0.4) is 0 Å². The lowest BCUT2D eigenvalue weighted by Gasteiger charge is -2.09. The van der Waals surface area contributed by atoms with Gasteiger partial charge in [-0.2, -0.15) is 5.10 Å². The first-order chi connectivity index (χ1) is 12.0. The number of benzene rings is 2. The minimum atomic E-state index is -0.330. The molecule has 3 aromatic rings. The second-order valence-corrected chi connectivity index (χ2v) is 6.13. The summed E-state index contributed by atoms with van der Waals surface area (Å²) < 4.78 is 15.2. The Morgan fingerprint density at radius 1 is 1.20 bits per heavy atom. The Morgan fingerprint density at radius 3 is 2.60 bits per heavy atom. The van der Waals surface area contributed by atoms with Crippen molar-refractivity contribution in [3.63, 3.8) is 0 Å². The van der Waals surface area contributed by atoms with Crippen LogP contribution in [0.1, 0.15) is 27.3 Å². The van der Waals surface area contributed by atoms with Crippen LogP contribution >= 0.6 is 12.2 Å². The molecule has 0 bridgehead atoms. The fraction of sp³-hybridized carbons (Fsp3) is 0.167. The lowest BCUT2D eigenvalue weighted by Crippen LogP contribution is -2.24. The number of aryl methyl sites for hydroxylation is 2. The molecule has 1 aromatic heterocycles. The molecule has 128 valence electrons. The third-order valence-corrected chi connectivity index (χ3v) is 4.28. The fourth-order valence-electron chi connectivity index (χ4n) is 2.45. The average Bonchev–Trinajstić information content (AvgIpc) is 2.96. The SMILES string of the molecule is Cc1ccc(C(=O)NCc2n[nH]c(=S)n2-c2ccc(F)cc2)cc1C. The van der Waals surface area contributed by atoms with Crippen molar-refractivity contribution >= 4 is 18.1 Å². The predicted octanol–water partition coefficient (Wildman–Crippen LogP) is 3.62. The largest absolute Gasteiger partial charge is 0.345 e. The zero-order chi connectivity index (χ0) is 18.0. The normalized spacial score (nSPS) is 10.7. The summed E-state index contributed by atoms with van der Waals surface area (Å²) in [6.07, 6.45) is 0. The summed E-state index contributed by atoms with van der Waals surface area (Å²) in [4.78, 5) is 12.3. The Hall–Kier alpha value is -2.80. The van der Waals surface area contributed by atoms with E-state index >= 15 is 0 Å². The number of H-pyrrole nitrogens is 1. The maximum atomic E-state index is 13.1. The van der Waals surface area contributed by atoms with E-state index in [2.05, 4.69) is 15.5 Å². The topological polar surface area (TPSA) is 62.7 Å². The van der Waals surface area contributed by atoms with Crippen LogP contribution in [0.5, 0.6) is 0 Å². The molecule has 0 saturated heterocycles. The Balaban J connectivity index is 1.80. The summed E-state index contributed by atoms with van der Waals surface area (Å²) in [5, 5.41) is 9.68. The van der Waals surface area contributed by atoms with Crippen molar-refractivity contribution < 1.29 is 9.18 Å². The van der Waals surface area contributed by atoms with Crippen molar-refractivity contribution in [2.45, 2.75) is 20.4 Å². The molecule has 0 spiro atoms. The van der Waals surface area contributed by atoms with E-state index in [1.807, 2.05) is 26.0 Å². The Bertz CT molecular complexity index is 975. The highest BCUT2D eigenvalue weighted by Gasteiger charge is 2.11. The van der Waals surface area contributed by atoms with Gasteiger partial charge in [0.2, 0.25) is 0 Å². The highest BCUT2D eigenvalue weighted by atomic mass is 32.1. The molecule has 0 radical (unpaired) electrons. The molecule has 0 aliphatic rings. The van der Waals surface area contributed by atoms with Gasteiger partial charge in [-0.15, -0.1) is 0 Å². The maximum absolute atomic E-state index is 13.1. The smallest absolute Gasteiger partial charge is 0.251 e. The van der Waals surface area contributed by atoms with Crippen LogP contribution in [0, 0.1) is 24.4 Å². The standard InChI is InChI=1S/C18H17FN4OS/c1-11-3-4-13(9-12(11)2)17(24)20-10-16-21-22-18(25)23(16)15-7-5-14(19)6-8-15/h3-9H,10H2,1-2H3,(H,20,24)(H,22,25). The number of aromatic nitrogens is 3. The van der Waals surface area contributed by atoms with Crippen molar-refractivity contribution in [2.75, 3.05) is 0 Å². The van der Waals surface area contributed by atoms with Crippen molar-refractivity contribution in [3.8, 4) is 5.69 Å². The van der Waals surface area contributed by atoms with Crippen molar-refractivity contribution in [1.29, 1.82) is 0 Å². The van der Waals surface area contributed by atoms with E-state index in [4.69, 9.17) is 12.2 Å². The predicted molar refractivity (Wildman–Crippen MR) is 95.8 cm³/mol. The quantitative estimate of drug-likeness (QED) is 0.702. The zero-order valence-corrected chi connectivity index (χ0v) is 14.7. The number of carbonyl (C=O) groups excluding carboxylic acids is 1. The summed E-state index contributed by atoms with van der Waals surface area (Å²) in [5.41, 5.74) is 3.46. The van der Waals surface area contributed by atoms with E-state index in [-0.39, 0.29) is 18.3 Å². The monoisotopic (exact) mass is 356 g/mol. The number of nitrogens with one attached hydrogen (secondary N) is 2. The molecule has 1 amide bonds. The molecule has 3 rings (SSSR count). The molecule has 0 unspecified atom stereocenters. The van der Waals surface area contributed by atoms with Crippen molar-refractivity contribution in [2.24, 2.45) is 0 Å². The van der Waals surface area contributed by atoms with Crippen LogP contribution in [0.25, 0.3) is 5.69 Å². The second-order valence-electron chi connectivity index (χ2n) is 5.74. The van der Waals surface area contributed by atoms with Gasteiger partial charge in [-0.1, -0.05) is 6.07 Å². The Kier molecular flexibility index (Phi) is 4.76. The lowest BCUT2D eigenvalue weighted by molar-refractivity contribution is 0.0949. The summed E-state index contributed by atoms with van der Waals surface area (Å²) in [5.74, 6) is 0.0137. The average molecular weight is 356 g/mol. The highest BCUT2D eigenvalue weighted by molar-refractivity contribution is 7.71. The summed E-state index contributed by atoms with van der Waals surface area (Å²) in [6.45, 7) is 4.15. The summed E-state index contributed by atoms with van der Waals surface area (Å²) in [7, 11) is 0. The van der Waals surface area contributed by atoms with E-state index in [1.165, 1.54) is 12.1 Å². The van der Waals surface area contributed by atoms with Gasteiger partial charge in [0.15, 0.2) is 10.6 Å². The number of aromatic amines is 1. The number of halogens is 1. The Labute approximate surface area is 149 Å². The van der Waals surface area contributed by atoms with Crippen LogP contribution in [0.2, 0.25) is 0 Å². The second kappa shape index (κ2) is 6.98. The van der Waals surface area contributed by atoms with E-state index in [0.29, 0.717) is 21.8 Å². The number of nitrogens with zero attached hydrogens (tertiary/aromatic N) is 2. The fourth-order valence-corrected chi connectivity index (χ4v) is 2.71. The molecule has 0 aliphatic heterocycles. The maximum Gasteiger partial charge on any atom is 0.251 e. The molecule has 1 heterocycles. The van der Waals surface area contributed by atoms with E-state index in [0.717, 1.165) is 11.1 Å². The van der Waals surface area contributed by atoms with E-state index in [1.54, 1.807) is 22.8 Å². The third kappa shape index (κ3) is 3.66. The minimum Gasteiger partial charge on any atom is -0.345 e. The molecular weight excluding hydrogens is 339 g/mol. The number of amides is 1. The van der Waals surface area contributed by atoms with Gasteiger partial charge in [-0.3, -0.25) is 14.5 Å². The molecule has 0 aliphatic carbocycles. The minimum absolute atomic E-state index is 0.191. The van der Waals surface area contributed by atoms with E-state index < -0.39 is 0 Å². The number of rotatable bonds is 4. The van der Waals surface area contributed by atoms with E-state index in [9.17, 15) is 9.18 Å². The molecular formula is C18H17FN4OS. The van der Waals surface area contributed by atoms with Gasteiger partial charge in [-0.25, -0.2) is 4.39 Å². The van der Waals surface area contributed by atoms with Gasteiger partial charge in [0, 0.05) is 11.3 Å². The lowest BCUT2D eigenvalue weighted by atomic mass is 10.1. The van der Waals surface area contributed by atoms with Gasteiger partial charge in [-0.05, 0) is 73.6 Å². The first-order valence-electron chi connectivity index (χ1n) is 7.73. The number of hydrogen-bond acceptors (Lipinski definition) is 3. The molecule has 2 N–H and O–H groups in total. The molecule has 0 fully saturated rings. The molecule has 0 saturated carbocycles. The van der Waals surface area contributed by atoms with Crippen LogP contribution in [-0.2, 0) is 6.54 Å². The van der Waals surface area contributed by atoms with Gasteiger partial charge < -0.3 is 5.32 Å². The first-order valence-corrected chi connectivity index (χ1v) is 8.14. The number of hydrogen-bond donors (Lipinski definition) is 2. The van der Waals surface area contributed by atoms with Crippen molar-refractivity contribution in [1.82, 2.24) is 20.1 Å². The summed E-state index contributed by atoms with van der Waals surface area (Å²) >= 11 is 5.23. The van der Waals surface area contributed by atoms with Crippen LogP contribution in [-0.4, -0.2) is 20.7 Å². The molecule has 5 nitrogen and oxygen atoms in total. The molecule has 25 heavy (non-hydrogen) atoms. The van der Waals surface area contributed by atoms with Crippen LogP contribution < -0.4 is 5.32 Å². The van der Waals surface area contributed by atoms with Gasteiger partial charge >= 0.3 is 0 Å². The number of carbonyl (C=O) groups is 1. The van der Waals surface area contributed by atoms with Gasteiger partial charge in [0.1, 0.15) is 5.82 Å². The first kappa shape index (κ1) is 17.0.